The molecule has 43 heavy (non-hydrogen) atoms. The molecule has 0 saturated heterocycles. The van der Waals surface area contributed by atoms with Crippen molar-refractivity contribution in [3.05, 3.63) is 86.9 Å². The number of rotatable bonds is 11. The number of methoxy groups -OCH3 is 1. The molecule has 1 N–H and O–H groups in total. The number of carbonyl (C=O) groups is 2. The minimum Gasteiger partial charge on any atom is -0.495 e. The second kappa shape index (κ2) is 14.2. The Morgan fingerprint density at radius 3 is 2.12 bits per heavy atom. The van der Waals surface area contributed by atoms with E-state index in [9.17, 15) is 18.0 Å². The topological polar surface area (TPSA) is 96.0 Å². The highest BCUT2D eigenvalue weighted by Crippen LogP contribution is 2.35. The molecule has 3 rings (SSSR count). The smallest absolute Gasteiger partial charge is 0.264 e. The van der Waals surface area contributed by atoms with Gasteiger partial charge in [0.25, 0.3) is 10.0 Å². The zero-order chi connectivity index (χ0) is 32.1. The molecular formula is C31H36Cl3N3O5S. The molecule has 0 radical (unpaired) electrons. The van der Waals surface area contributed by atoms with Gasteiger partial charge >= 0.3 is 0 Å². The Bertz CT molecular complexity index is 1570. The second-order valence-electron chi connectivity index (χ2n) is 11.1. The van der Waals surface area contributed by atoms with Crippen molar-refractivity contribution < 1.29 is 22.7 Å². The van der Waals surface area contributed by atoms with Crippen LogP contribution in [0.2, 0.25) is 15.1 Å². The Hall–Kier alpha value is -2.98. The monoisotopic (exact) mass is 667 g/mol. The summed E-state index contributed by atoms with van der Waals surface area (Å²) in [6, 6.07) is 14.7. The Morgan fingerprint density at radius 1 is 0.953 bits per heavy atom. The molecule has 2 amide bonds. The van der Waals surface area contributed by atoms with Gasteiger partial charge in [-0.25, -0.2) is 8.42 Å². The van der Waals surface area contributed by atoms with Gasteiger partial charge in [0.1, 0.15) is 18.3 Å². The van der Waals surface area contributed by atoms with Gasteiger partial charge in [0.15, 0.2) is 0 Å². The molecule has 0 heterocycles. The molecule has 0 aliphatic heterocycles. The standard InChI is InChI=1S/C31H36Cl3N3O5S/c1-7-26(30(39)35-31(3,4)5)36(18-21-10-11-22(32)16-25(21)34)29(38)19-37(27-17-23(33)12-15-28(27)42-6)43(40,41)24-13-8-20(2)9-14-24/h8-17,26H,7,18-19H2,1-6H3,(H,35,39)/t26-/m1/s1. The Balaban J connectivity index is 2.17. The summed E-state index contributed by atoms with van der Waals surface area (Å²) < 4.78 is 34.7. The van der Waals surface area contributed by atoms with Gasteiger partial charge in [-0.3, -0.25) is 13.9 Å². The summed E-state index contributed by atoms with van der Waals surface area (Å²) in [5, 5.41) is 3.89. The fourth-order valence-corrected chi connectivity index (χ4v) is 6.47. The van der Waals surface area contributed by atoms with Crippen molar-refractivity contribution in [2.75, 3.05) is 18.0 Å². The number of halogens is 3. The first-order valence-corrected chi connectivity index (χ1v) is 16.1. The average molecular weight is 669 g/mol. The van der Waals surface area contributed by atoms with Crippen LogP contribution in [0.1, 0.15) is 45.2 Å². The van der Waals surface area contributed by atoms with Crippen molar-refractivity contribution in [3.63, 3.8) is 0 Å². The fraction of sp³-hybridized carbons (Fsp3) is 0.355. The van der Waals surface area contributed by atoms with Crippen molar-refractivity contribution in [1.82, 2.24) is 10.2 Å². The van der Waals surface area contributed by atoms with Gasteiger partial charge in [-0.1, -0.05) is 65.5 Å². The molecular weight excluding hydrogens is 633 g/mol. The average Bonchev–Trinajstić information content (AvgIpc) is 2.91. The highest BCUT2D eigenvalue weighted by Gasteiger charge is 2.36. The van der Waals surface area contributed by atoms with Gasteiger partial charge in [-0.2, -0.15) is 0 Å². The SMILES string of the molecule is CC[C@H](C(=O)NC(C)(C)C)N(Cc1ccc(Cl)cc1Cl)C(=O)CN(c1cc(Cl)ccc1OC)S(=O)(=O)c1ccc(C)cc1. The van der Waals surface area contributed by atoms with Crippen molar-refractivity contribution in [1.29, 1.82) is 0 Å². The van der Waals surface area contributed by atoms with Gasteiger partial charge in [-0.05, 0) is 82.1 Å². The molecule has 232 valence electrons. The van der Waals surface area contributed by atoms with Gasteiger partial charge in [0, 0.05) is 27.2 Å². The van der Waals surface area contributed by atoms with E-state index in [1.807, 2.05) is 27.7 Å². The second-order valence-corrected chi connectivity index (χ2v) is 14.2. The van der Waals surface area contributed by atoms with Crippen LogP contribution in [0.4, 0.5) is 5.69 Å². The van der Waals surface area contributed by atoms with Crippen LogP contribution >= 0.6 is 34.8 Å². The number of benzene rings is 3. The van der Waals surface area contributed by atoms with Crippen LogP contribution in [-0.2, 0) is 26.2 Å². The molecule has 0 unspecified atom stereocenters. The number of ether oxygens (including phenoxy) is 1. The fourth-order valence-electron chi connectivity index (χ4n) is 4.41. The zero-order valence-electron chi connectivity index (χ0n) is 24.9. The molecule has 3 aromatic rings. The molecule has 12 heteroatoms. The number of hydrogen-bond donors (Lipinski definition) is 1. The lowest BCUT2D eigenvalue weighted by molar-refractivity contribution is -0.141. The normalized spacial score (nSPS) is 12.4. The minimum absolute atomic E-state index is 0.0299. The van der Waals surface area contributed by atoms with E-state index in [0.29, 0.717) is 15.6 Å². The predicted octanol–water partition coefficient (Wildman–Crippen LogP) is 6.88. The predicted molar refractivity (Wildman–Crippen MR) is 173 cm³/mol. The maximum atomic E-state index is 14.3. The number of nitrogens with zero attached hydrogens (tertiary/aromatic N) is 2. The summed E-state index contributed by atoms with van der Waals surface area (Å²) in [5.74, 6) is -0.834. The third-order valence-corrected chi connectivity index (χ3v) is 9.13. The van der Waals surface area contributed by atoms with Gasteiger partial charge < -0.3 is 15.0 Å². The number of anilines is 1. The molecule has 0 bridgehead atoms. The van der Waals surface area contributed by atoms with Gasteiger partial charge in [-0.15, -0.1) is 0 Å². The lowest BCUT2D eigenvalue weighted by Crippen LogP contribution is -2.55. The first kappa shape index (κ1) is 34.5. The molecule has 0 aliphatic rings. The Labute approximate surface area is 268 Å². The summed E-state index contributed by atoms with van der Waals surface area (Å²) in [7, 11) is -2.92. The van der Waals surface area contributed by atoms with Crippen LogP contribution in [0.25, 0.3) is 0 Å². The maximum absolute atomic E-state index is 14.3. The third-order valence-electron chi connectivity index (χ3n) is 6.54. The number of nitrogens with one attached hydrogen (secondary N) is 1. The van der Waals surface area contributed by atoms with Crippen LogP contribution < -0.4 is 14.4 Å². The lowest BCUT2D eigenvalue weighted by atomic mass is 10.1. The van der Waals surface area contributed by atoms with E-state index in [4.69, 9.17) is 39.5 Å². The lowest BCUT2D eigenvalue weighted by Gasteiger charge is -2.35. The minimum atomic E-state index is -4.31. The van der Waals surface area contributed by atoms with Crippen molar-refractivity contribution in [2.24, 2.45) is 0 Å². The van der Waals surface area contributed by atoms with E-state index in [2.05, 4.69) is 5.32 Å². The van der Waals surface area contributed by atoms with E-state index in [1.165, 1.54) is 36.3 Å². The number of amides is 2. The highest BCUT2D eigenvalue weighted by molar-refractivity contribution is 7.92. The molecule has 0 spiro atoms. The van der Waals surface area contributed by atoms with E-state index in [-0.39, 0.29) is 40.2 Å². The van der Waals surface area contributed by atoms with Gasteiger partial charge in [0.2, 0.25) is 11.8 Å². The van der Waals surface area contributed by atoms with E-state index < -0.39 is 34.1 Å². The van der Waals surface area contributed by atoms with Crippen LogP contribution in [0, 0.1) is 6.92 Å². The maximum Gasteiger partial charge on any atom is 0.264 e. The molecule has 8 nitrogen and oxygen atoms in total. The number of sulfonamides is 1. The molecule has 0 saturated carbocycles. The zero-order valence-corrected chi connectivity index (χ0v) is 28.0. The van der Waals surface area contributed by atoms with Crippen molar-refractivity contribution >= 4 is 62.3 Å². The van der Waals surface area contributed by atoms with Crippen molar-refractivity contribution in [2.45, 2.75) is 64.1 Å². The first-order valence-electron chi connectivity index (χ1n) is 13.6. The van der Waals surface area contributed by atoms with E-state index in [1.54, 1.807) is 43.3 Å². The number of aryl methyl sites for hydroxylation is 1. The highest BCUT2D eigenvalue weighted by atomic mass is 35.5. The molecule has 0 aromatic heterocycles. The quantitative estimate of drug-likeness (QED) is 0.240. The van der Waals surface area contributed by atoms with Crippen LogP contribution in [0.3, 0.4) is 0 Å². The Kier molecular flexibility index (Phi) is 11.4. The third kappa shape index (κ3) is 8.79. The van der Waals surface area contributed by atoms with Crippen LogP contribution in [0.5, 0.6) is 5.75 Å². The van der Waals surface area contributed by atoms with E-state index in [0.717, 1.165) is 9.87 Å². The largest absolute Gasteiger partial charge is 0.495 e. The summed E-state index contributed by atoms with van der Waals surface area (Å²) in [5.41, 5.74) is 0.894. The molecule has 0 fully saturated rings. The summed E-state index contributed by atoms with van der Waals surface area (Å²) >= 11 is 18.9. The molecule has 0 aliphatic carbocycles. The first-order chi connectivity index (χ1) is 20.1. The summed E-state index contributed by atoms with van der Waals surface area (Å²) in [6.07, 6.45) is 0.254. The summed E-state index contributed by atoms with van der Waals surface area (Å²) in [6.45, 7) is 8.39. The number of carbonyl (C=O) groups excluding carboxylic acids is 2. The summed E-state index contributed by atoms with van der Waals surface area (Å²) in [4.78, 5) is 29.1. The van der Waals surface area contributed by atoms with Crippen molar-refractivity contribution in [3.8, 4) is 5.75 Å². The van der Waals surface area contributed by atoms with Crippen LogP contribution in [-0.4, -0.2) is 50.4 Å². The van der Waals surface area contributed by atoms with E-state index >= 15 is 0 Å². The Morgan fingerprint density at radius 2 is 1.56 bits per heavy atom. The molecule has 3 aromatic carbocycles. The number of hydrogen-bond acceptors (Lipinski definition) is 5. The van der Waals surface area contributed by atoms with Crippen LogP contribution in [0.15, 0.2) is 65.6 Å². The molecule has 1 atom stereocenters. The van der Waals surface area contributed by atoms with Gasteiger partial charge in [0.05, 0.1) is 17.7 Å².